The van der Waals surface area contributed by atoms with Crippen LogP contribution in [-0.2, 0) is 17.6 Å². The Morgan fingerprint density at radius 1 is 0.966 bits per heavy atom. The molecule has 0 aromatic heterocycles. The Bertz CT molecular complexity index is 606. The highest BCUT2D eigenvalue weighted by Gasteiger charge is 2.11. The van der Waals surface area contributed by atoms with E-state index in [9.17, 15) is 0 Å². The molecule has 0 saturated carbocycles. The lowest BCUT2D eigenvalue weighted by molar-refractivity contribution is 0.136. The Labute approximate surface area is 184 Å². The number of unbranched alkanes of at least 4 members (excludes halogenated alkanes) is 3. The Hall–Kier alpha value is -1.43. The molecule has 5 nitrogen and oxygen atoms in total. The number of aryl methyl sites for hydroxylation is 2. The SMILES string of the molecule is CCc1cc(OCC=C(Cl)Cl)cc(CC)c1OCCCCCCOCC/C=N/O. The van der Waals surface area contributed by atoms with Crippen molar-refractivity contribution < 1.29 is 19.4 Å². The zero-order valence-electron chi connectivity index (χ0n) is 17.5. The Balaban J connectivity index is 2.39. The van der Waals surface area contributed by atoms with Crippen LogP contribution in [0.5, 0.6) is 11.5 Å². The summed E-state index contributed by atoms with van der Waals surface area (Å²) in [5.74, 6) is 1.80. The number of ether oxygens (including phenoxy) is 3. The Morgan fingerprint density at radius 2 is 1.62 bits per heavy atom. The van der Waals surface area contributed by atoms with Gasteiger partial charge in [0.2, 0.25) is 0 Å². The third-order valence-electron chi connectivity index (χ3n) is 4.37. The molecule has 0 radical (unpaired) electrons. The first-order chi connectivity index (χ1) is 14.1. The summed E-state index contributed by atoms with van der Waals surface area (Å²) in [7, 11) is 0. The quantitative estimate of drug-likeness (QED) is 0.140. The van der Waals surface area contributed by atoms with Gasteiger partial charge in [0.25, 0.3) is 0 Å². The molecule has 1 rings (SSSR count). The van der Waals surface area contributed by atoms with E-state index in [1.165, 1.54) is 6.21 Å². The fraction of sp³-hybridized carbons (Fsp3) is 0.591. The number of nitrogens with zero attached hydrogens (tertiary/aromatic N) is 1. The third-order valence-corrected chi connectivity index (χ3v) is 4.68. The van der Waals surface area contributed by atoms with Crippen LogP contribution in [0, 0.1) is 0 Å². The summed E-state index contributed by atoms with van der Waals surface area (Å²) in [4.78, 5) is 0. The molecular weight excluding hydrogens is 413 g/mol. The molecule has 1 aromatic rings. The molecule has 0 amide bonds. The van der Waals surface area contributed by atoms with E-state index in [1.54, 1.807) is 6.08 Å². The Morgan fingerprint density at radius 3 is 2.21 bits per heavy atom. The lowest BCUT2D eigenvalue weighted by Gasteiger charge is -2.17. The number of benzene rings is 1. The van der Waals surface area contributed by atoms with Crippen molar-refractivity contribution in [1.82, 2.24) is 0 Å². The minimum Gasteiger partial charge on any atom is -0.493 e. The first kappa shape index (κ1) is 25.6. The van der Waals surface area contributed by atoms with E-state index in [-0.39, 0.29) is 4.49 Å². The van der Waals surface area contributed by atoms with E-state index in [0.29, 0.717) is 26.2 Å². The van der Waals surface area contributed by atoms with Crippen molar-refractivity contribution in [2.75, 3.05) is 26.4 Å². The van der Waals surface area contributed by atoms with Crippen LogP contribution in [0.1, 0.15) is 57.1 Å². The molecule has 1 aromatic carbocycles. The van der Waals surface area contributed by atoms with Crippen molar-refractivity contribution in [3.8, 4) is 11.5 Å². The van der Waals surface area contributed by atoms with Crippen LogP contribution in [0.3, 0.4) is 0 Å². The van der Waals surface area contributed by atoms with Crippen LogP contribution in [0.15, 0.2) is 27.9 Å². The second-order valence-electron chi connectivity index (χ2n) is 6.54. The van der Waals surface area contributed by atoms with Crippen molar-refractivity contribution in [3.05, 3.63) is 33.8 Å². The van der Waals surface area contributed by atoms with Crippen LogP contribution in [0.25, 0.3) is 0 Å². The van der Waals surface area contributed by atoms with Crippen LogP contribution < -0.4 is 9.47 Å². The van der Waals surface area contributed by atoms with Gasteiger partial charge in [0.1, 0.15) is 22.6 Å². The molecule has 0 bridgehead atoms. The third kappa shape index (κ3) is 11.4. The number of rotatable bonds is 16. The maximum atomic E-state index is 8.29. The molecule has 0 atom stereocenters. The van der Waals surface area contributed by atoms with Gasteiger partial charge in [0.05, 0.1) is 13.2 Å². The molecule has 1 N–H and O–H groups in total. The number of oxime groups is 1. The van der Waals surface area contributed by atoms with Gasteiger partial charge in [-0.1, -0.05) is 43.5 Å². The molecule has 29 heavy (non-hydrogen) atoms. The standard InChI is InChI=1S/C22H33Cl2NO4/c1-3-18-16-20(28-15-10-21(23)24)17-19(4-2)22(18)29-14-8-6-5-7-12-27-13-9-11-25-26/h10-11,16-17,26H,3-9,12-15H2,1-2H3/b25-11+. The minimum atomic E-state index is 0.207. The maximum Gasteiger partial charge on any atom is 0.125 e. The fourth-order valence-corrected chi connectivity index (χ4v) is 2.97. The summed E-state index contributed by atoms with van der Waals surface area (Å²) >= 11 is 11.3. The summed E-state index contributed by atoms with van der Waals surface area (Å²) in [6.07, 6.45) is 9.74. The predicted molar refractivity (Wildman–Crippen MR) is 120 cm³/mol. The molecule has 0 saturated heterocycles. The van der Waals surface area contributed by atoms with Crippen molar-refractivity contribution >= 4 is 29.4 Å². The van der Waals surface area contributed by atoms with Gasteiger partial charge in [0, 0.05) is 19.2 Å². The molecule has 0 spiro atoms. The van der Waals surface area contributed by atoms with E-state index < -0.39 is 0 Å². The molecule has 0 fully saturated rings. The van der Waals surface area contributed by atoms with Crippen LogP contribution in [0.4, 0.5) is 0 Å². The highest BCUT2D eigenvalue weighted by molar-refractivity contribution is 6.55. The summed E-state index contributed by atoms with van der Waals surface area (Å²) in [5.41, 5.74) is 2.31. The molecule has 0 aliphatic carbocycles. The molecule has 0 aliphatic rings. The molecule has 7 heteroatoms. The van der Waals surface area contributed by atoms with E-state index in [0.717, 1.165) is 67.8 Å². The van der Waals surface area contributed by atoms with Gasteiger partial charge in [-0.15, -0.1) is 5.16 Å². The zero-order chi connectivity index (χ0) is 21.3. The van der Waals surface area contributed by atoms with Gasteiger partial charge < -0.3 is 19.4 Å². The summed E-state index contributed by atoms with van der Waals surface area (Å²) < 4.78 is 17.5. The second kappa shape index (κ2) is 16.4. The second-order valence-corrected chi connectivity index (χ2v) is 7.55. The van der Waals surface area contributed by atoms with Gasteiger partial charge in [-0.05, 0) is 61.4 Å². The fourth-order valence-electron chi connectivity index (χ4n) is 2.85. The molecular formula is C22H33Cl2NO4. The van der Waals surface area contributed by atoms with Gasteiger partial charge in [0.15, 0.2) is 0 Å². The minimum absolute atomic E-state index is 0.207. The van der Waals surface area contributed by atoms with E-state index in [4.69, 9.17) is 42.6 Å². The normalized spacial score (nSPS) is 11.0. The lowest BCUT2D eigenvalue weighted by Crippen LogP contribution is -2.05. The van der Waals surface area contributed by atoms with Crippen LogP contribution in [-0.4, -0.2) is 37.8 Å². The first-order valence-corrected chi connectivity index (χ1v) is 11.0. The van der Waals surface area contributed by atoms with Gasteiger partial charge in [-0.25, -0.2) is 0 Å². The molecule has 164 valence electrons. The average molecular weight is 446 g/mol. The van der Waals surface area contributed by atoms with Crippen molar-refractivity contribution in [2.45, 2.75) is 58.8 Å². The highest BCUT2D eigenvalue weighted by Crippen LogP contribution is 2.31. The summed E-state index contributed by atoms with van der Waals surface area (Å²) in [6.45, 7) is 6.63. The Kier molecular flexibility index (Phi) is 14.5. The van der Waals surface area contributed by atoms with Crippen LogP contribution in [0.2, 0.25) is 0 Å². The highest BCUT2D eigenvalue weighted by atomic mass is 35.5. The summed E-state index contributed by atoms with van der Waals surface area (Å²) in [6, 6.07) is 4.06. The number of halogens is 2. The topological polar surface area (TPSA) is 60.3 Å². The number of hydrogen-bond acceptors (Lipinski definition) is 5. The molecule has 0 unspecified atom stereocenters. The molecule has 0 aliphatic heterocycles. The predicted octanol–water partition coefficient (Wildman–Crippen LogP) is 6.32. The summed E-state index contributed by atoms with van der Waals surface area (Å²) in [5, 5.41) is 11.2. The van der Waals surface area contributed by atoms with Crippen molar-refractivity contribution in [1.29, 1.82) is 0 Å². The van der Waals surface area contributed by atoms with E-state index >= 15 is 0 Å². The average Bonchev–Trinajstić information content (AvgIpc) is 2.71. The van der Waals surface area contributed by atoms with E-state index in [2.05, 4.69) is 19.0 Å². The smallest absolute Gasteiger partial charge is 0.125 e. The van der Waals surface area contributed by atoms with Crippen molar-refractivity contribution in [3.63, 3.8) is 0 Å². The maximum absolute atomic E-state index is 8.29. The zero-order valence-corrected chi connectivity index (χ0v) is 19.0. The van der Waals surface area contributed by atoms with Gasteiger partial charge in [-0.3, -0.25) is 0 Å². The van der Waals surface area contributed by atoms with Crippen LogP contribution >= 0.6 is 23.2 Å². The number of hydrogen-bond donors (Lipinski definition) is 1. The lowest BCUT2D eigenvalue weighted by atomic mass is 10.0. The van der Waals surface area contributed by atoms with E-state index in [1.807, 2.05) is 12.1 Å². The first-order valence-electron chi connectivity index (χ1n) is 10.3. The largest absolute Gasteiger partial charge is 0.493 e. The molecule has 0 heterocycles. The monoisotopic (exact) mass is 445 g/mol. The van der Waals surface area contributed by atoms with Gasteiger partial charge in [-0.2, -0.15) is 0 Å². The van der Waals surface area contributed by atoms with Crippen molar-refractivity contribution in [2.24, 2.45) is 5.16 Å². The van der Waals surface area contributed by atoms with Gasteiger partial charge >= 0.3 is 0 Å².